The van der Waals surface area contributed by atoms with Crippen molar-refractivity contribution < 1.29 is 9.18 Å². The number of imidazole rings is 1. The van der Waals surface area contributed by atoms with Gasteiger partial charge in [-0.25, -0.2) is 9.37 Å². The molecule has 0 aliphatic heterocycles. The maximum Gasteiger partial charge on any atom is 0.222 e. The van der Waals surface area contributed by atoms with Gasteiger partial charge in [0.05, 0.1) is 11.0 Å². The summed E-state index contributed by atoms with van der Waals surface area (Å²) in [6.07, 6.45) is 4.05. The van der Waals surface area contributed by atoms with Gasteiger partial charge in [0.1, 0.15) is 11.6 Å². The molecule has 0 unspecified atom stereocenters. The van der Waals surface area contributed by atoms with Crippen LogP contribution in [0.4, 0.5) is 4.39 Å². The minimum atomic E-state index is -0.167. The highest BCUT2D eigenvalue weighted by molar-refractivity contribution is 5.76. The molecule has 164 valence electrons. The number of hydrogen-bond acceptors (Lipinski definition) is 2. The van der Waals surface area contributed by atoms with Crippen LogP contribution in [-0.2, 0) is 17.6 Å². The number of rotatable bonds is 7. The number of aromatic nitrogens is 2. The van der Waals surface area contributed by atoms with Gasteiger partial charge in [-0.15, -0.1) is 0 Å². The first kappa shape index (κ1) is 21.5. The Labute approximate surface area is 183 Å². The summed E-state index contributed by atoms with van der Waals surface area (Å²) in [5.41, 5.74) is 4.38. The second-order valence-corrected chi connectivity index (χ2v) is 9.24. The van der Waals surface area contributed by atoms with Gasteiger partial charge in [0.25, 0.3) is 0 Å². The zero-order valence-electron chi connectivity index (χ0n) is 18.7. The molecule has 0 radical (unpaired) electrons. The summed E-state index contributed by atoms with van der Waals surface area (Å²) < 4.78 is 13.7. The lowest BCUT2D eigenvalue weighted by atomic mass is 9.69. The molecule has 1 aliphatic rings. The standard InChI is InChI=1S/C26H32FN3O/c1-17(2)26-19(11-10-18-15-20(27)12-13-21(18)26)16-25(31)30(3)14-6-9-24-28-22-7-4-5-8-23(22)29-24/h4-5,7-8,12-13,15,17,19,26H,6,9-11,14,16H2,1-3H3,(H,28,29)/t19-,26-/m1/s1. The van der Waals surface area contributed by atoms with Gasteiger partial charge in [0.2, 0.25) is 5.91 Å². The number of aromatic amines is 1. The Morgan fingerprint density at radius 3 is 2.84 bits per heavy atom. The van der Waals surface area contributed by atoms with E-state index >= 15 is 0 Å². The van der Waals surface area contributed by atoms with Crippen LogP contribution in [0, 0.1) is 17.7 Å². The number of hydrogen-bond donors (Lipinski definition) is 1. The monoisotopic (exact) mass is 421 g/mol. The summed E-state index contributed by atoms with van der Waals surface area (Å²) in [4.78, 5) is 22.8. The Morgan fingerprint density at radius 2 is 2.06 bits per heavy atom. The van der Waals surface area contributed by atoms with Gasteiger partial charge in [-0.05, 0) is 72.4 Å². The summed E-state index contributed by atoms with van der Waals surface area (Å²) in [5, 5.41) is 0. The number of halogens is 1. The highest BCUT2D eigenvalue weighted by atomic mass is 19.1. The van der Waals surface area contributed by atoms with Gasteiger partial charge in [0.15, 0.2) is 0 Å². The Hall–Kier alpha value is -2.69. The average Bonchev–Trinajstić information content (AvgIpc) is 3.16. The molecule has 5 heteroatoms. The molecule has 1 amide bonds. The van der Waals surface area contributed by atoms with Gasteiger partial charge < -0.3 is 9.88 Å². The Kier molecular flexibility index (Phi) is 6.40. The molecule has 2 aromatic carbocycles. The van der Waals surface area contributed by atoms with Crippen LogP contribution in [-0.4, -0.2) is 34.4 Å². The van der Waals surface area contributed by atoms with Gasteiger partial charge >= 0.3 is 0 Å². The van der Waals surface area contributed by atoms with Crippen LogP contribution in [0.3, 0.4) is 0 Å². The largest absolute Gasteiger partial charge is 0.346 e. The first-order valence-electron chi connectivity index (χ1n) is 11.4. The second-order valence-electron chi connectivity index (χ2n) is 9.24. The summed E-state index contributed by atoms with van der Waals surface area (Å²) in [5.74, 6) is 2.03. The number of fused-ring (bicyclic) bond motifs is 2. The van der Waals surface area contributed by atoms with Crippen LogP contribution in [0.25, 0.3) is 11.0 Å². The molecular formula is C26H32FN3O. The van der Waals surface area contributed by atoms with Gasteiger partial charge in [-0.2, -0.15) is 0 Å². The lowest BCUT2D eigenvalue weighted by molar-refractivity contribution is -0.131. The average molecular weight is 422 g/mol. The normalized spacial score (nSPS) is 18.4. The zero-order valence-corrected chi connectivity index (χ0v) is 18.7. The van der Waals surface area contributed by atoms with Crippen LogP contribution in [0.5, 0.6) is 0 Å². The Balaban J connectivity index is 1.33. The third kappa shape index (κ3) is 4.81. The highest BCUT2D eigenvalue weighted by Gasteiger charge is 2.33. The number of H-pyrrole nitrogens is 1. The fourth-order valence-corrected chi connectivity index (χ4v) is 5.14. The van der Waals surface area contributed by atoms with E-state index in [9.17, 15) is 9.18 Å². The number of benzene rings is 2. The van der Waals surface area contributed by atoms with E-state index in [0.29, 0.717) is 24.2 Å². The van der Waals surface area contributed by atoms with Crippen molar-refractivity contribution in [2.24, 2.45) is 11.8 Å². The van der Waals surface area contributed by atoms with Crippen molar-refractivity contribution in [2.45, 2.75) is 51.9 Å². The van der Waals surface area contributed by atoms with Crippen molar-refractivity contribution in [3.8, 4) is 0 Å². The molecule has 0 saturated heterocycles. The highest BCUT2D eigenvalue weighted by Crippen LogP contribution is 2.43. The topological polar surface area (TPSA) is 49.0 Å². The molecule has 4 nitrogen and oxygen atoms in total. The molecule has 1 heterocycles. The van der Waals surface area contributed by atoms with Gasteiger partial charge in [-0.3, -0.25) is 4.79 Å². The number of para-hydroxylation sites is 2. The lowest BCUT2D eigenvalue weighted by Crippen LogP contribution is -2.33. The lowest BCUT2D eigenvalue weighted by Gasteiger charge is -2.37. The number of nitrogens with zero attached hydrogens (tertiary/aromatic N) is 2. The van der Waals surface area contributed by atoms with E-state index < -0.39 is 0 Å². The minimum absolute atomic E-state index is 0.167. The smallest absolute Gasteiger partial charge is 0.222 e. The zero-order chi connectivity index (χ0) is 22.0. The van der Waals surface area contributed by atoms with E-state index in [-0.39, 0.29) is 11.7 Å². The molecular weight excluding hydrogens is 389 g/mol. The van der Waals surface area contributed by atoms with E-state index in [1.165, 1.54) is 5.56 Å². The molecule has 0 saturated carbocycles. The molecule has 0 bridgehead atoms. The SMILES string of the molecule is CC(C)[C@H]1c2ccc(F)cc2CC[C@@H]1CC(=O)N(C)CCCc1nc2ccccc2[nH]1. The molecule has 0 fully saturated rings. The molecule has 2 atom stereocenters. The van der Waals surface area contributed by atoms with Crippen LogP contribution < -0.4 is 0 Å². The maximum absolute atomic E-state index is 13.7. The van der Waals surface area contributed by atoms with Gasteiger partial charge in [-0.1, -0.05) is 32.0 Å². The van der Waals surface area contributed by atoms with E-state index in [1.54, 1.807) is 12.1 Å². The van der Waals surface area contributed by atoms with Crippen molar-refractivity contribution in [3.05, 3.63) is 65.2 Å². The van der Waals surface area contributed by atoms with Crippen LogP contribution in [0.1, 0.15) is 56.0 Å². The first-order chi connectivity index (χ1) is 14.9. The minimum Gasteiger partial charge on any atom is -0.346 e. The number of carbonyl (C=O) groups is 1. The van der Waals surface area contributed by atoms with E-state index in [4.69, 9.17) is 0 Å². The summed E-state index contributed by atoms with van der Waals surface area (Å²) in [7, 11) is 1.90. The molecule has 1 N–H and O–H groups in total. The fourth-order valence-electron chi connectivity index (χ4n) is 5.14. The molecule has 1 aliphatic carbocycles. The van der Waals surface area contributed by atoms with Crippen molar-refractivity contribution >= 4 is 16.9 Å². The number of carbonyl (C=O) groups excluding carboxylic acids is 1. The van der Waals surface area contributed by atoms with E-state index in [0.717, 1.165) is 54.6 Å². The van der Waals surface area contributed by atoms with Crippen molar-refractivity contribution in [2.75, 3.05) is 13.6 Å². The molecule has 3 aromatic rings. The Bertz CT molecular complexity index is 1020. The fraction of sp³-hybridized carbons (Fsp3) is 0.462. The van der Waals surface area contributed by atoms with Crippen LogP contribution in [0.15, 0.2) is 42.5 Å². The Morgan fingerprint density at radius 1 is 1.26 bits per heavy atom. The van der Waals surface area contributed by atoms with Crippen LogP contribution >= 0.6 is 0 Å². The summed E-state index contributed by atoms with van der Waals surface area (Å²) in [6.45, 7) is 5.13. The second kappa shape index (κ2) is 9.21. The predicted molar refractivity (Wildman–Crippen MR) is 122 cm³/mol. The number of amides is 1. The third-order valence-electron chi connectivity index (χ3n) is 6.68. The van der Waals surface area contributed by atoms with Crippen LogP contribution in [0.2, 0.25) is 0 Å². The van der Waals surface area contributed by atoms with Gasteiger partial charge in [0, 0.05) is 26.4 Å². The van der Waals surface area contributed by atoms with E-state index in [2.05, 4.69) is 23.8 Å². The van der Waals surface area contributed by atoms with E-state index in [1.807, 2.05) is 42.3 Å². The number of aryl methyl sites for hydroxylation is 2. The van der Waals surface area contributed by atoms with Crippen molar-refractivity contribution in [3.63, 3.8) is 0 Å². The van der Waals surface area contributed by atoms with Crippen molar-refractivity contribution in [1.29, 1.82) is 0 Å². The molecule has 4 rings (SSSR count). The number of nitrogens with one attached hydrogen (secondary N) is 1. The first-order valence-corrected chi connectivity index (χ1v) is 11.4. The molecule has 1 aromatic heterocycles. The third-order valence-corrected chi connectivity index (χ3v) is 6.68. The quantitative estimate of drug-likeness (QED) is 0.549. The maximum atomic E-state index is 13.7. The van der Waals surface area contributed by atoms with Crippen molar-refractivity contribution in [1.82, 2.24) is 14.9 Å². The predicted octanol–water partition coefficient (Wildman–Crippen LogP) is 5.49. The summed E-state index contributed by atoms with van der Waals surface area (Å²) >= 11 is 0. The summed E-state index contributed by atoms with van der Waals surface area (Å²) in [6, 6.07) is 13.2. The molecule has 0 spiro atoms. The molecule has 31 heavy (non-hydrogen) atoms.